The van der Waals surface area contributed by atoms with Crippen LogP contribution < -0.4 is 0 Å². The molecule has 0 radical (unpaired) electrons. The number of carbonyl (C=O) groups excluding carboxylic acids is 1. The Balaban J connectivity index is 1.57. The fraction of sp³-hybridized carbons (Fsp3) is 0.906. The van der Waals surface area contributed by atoms with Crippen molar-refractivity contribution in [3.8, 4) is 0 Å². The van der Waals surface area contributed by atoms with Crippen molar-refractivity contribution in [1.29, 1.82) is 0 Å². The van der Waals surface area contributed by atoms with Gasteiger partial charge in [-0.15, -0.1) is 0 Å². The summed E-state index contributed by atoms with van der Waals surface area (Å²) in [6.07, 6.45) is -48.9. The third kappa shape index (κ3) is 9.40. The highest BCUT2D eigenvalue weighted by atomic mass is 16.8. The van der Waals surface area contributed by atoms with Crippen molar-refractivity contribution < 1.29 is 128 Å². The molecule has 11 unspecified atom stereocenters. The molecule has 0 amide bonds. The number of hydrogen-bond acceptors (Lipinski definition) is 24. The molecule has 13 N–H and O–H groups in total. The van der Waals surface area contributed by atoms with Gasteiger partial charge in [-0.2, -0.15) is 0 Å². The first-order chi connectivity index (χ1) is 27.0. The summed E-state index contributed by atoms with van der Waals surface area (Å²) in [5.74, 6) is -4.59. The Hall–Kier alpha value is -2.39. The normalized spacial score (nSPS) is 51.5. The van der Waals surface area contributed by atoms with Gasteiger partial charge in [-0.3, -0.25) is 4.79 Å². The summed E-state index contributed by atoms with van der Waals surface area (Å²) in [6.45, 7) is 4.84. The third-order valence-electron chi connectivity index (χ3n) is 10.4. The van der Waals surface area contributed by atoms with Crippen LogP contribution in [0.4, 0.5) is 0 Å². The zero-order valence-corrected chi connectivity index (χ0v) is 31.1. The summed E-state index contributed by atoms with van der Waals surface area (Å²) < 4.78 is 56.6. The zero-order valence-electron chi connectivity index (χ0n) is 31.1. The Bertz CT molecular complexity index is 1410. The lowest BCUT2D eigenvalue weighted by Gasteiger charge is -2.51. The molecular formula is C32H50O26. The Morgan fingerprint density at radius 2 is 0.828 bits per heavy atom. The van der Waals surface area contributed by atoms with Gasteiger partial charge in [0, 0.05) is 6.92 Å². The van der Waals surface area contributed by atoms with Crippen molar-refractivity contribution in [1.82, 2.24) is 0 Å². The van der Waals surface area contributed by atoms with Gasteiger partial charge in [0.25, 0.3) is 0 Å². The Morgan fingerprint density at radius 1 is 0.397 bits per heavy atom. The molecule has 5 heterocycles. The van der Waals surface area contributed by atoms with E-state index in [0.29, 0.717) is 0 Å². The molecule has 5 rings (SSSR count). The lowest BCUT2D eigenvalue weighted by atomic mass is 9.95. The first-order valence-corrected chi connectivity index (χ1v) is 18.1. The predicted molar refractivity (Wildman–Crippen MR) is 173 cm³/mol. The van der Waals surface area contributed by atoms with E-state index in [0.717, 1.165) is 6.92 Å². The predicted octanol–water partition coefficient (Wildman–Crippen LogP) is -8.09. The van der Waals surface area contributed by atoms with Gasteiger partial charge in [-0.1, -0.05) is 0 Å². The van der Waals surface area contributed by atoms with E-state index in [-0.39, 0.29) is 0 Å². The van der Waals surface area contributed by atoms with E-state index in [9.17, 15) is 80.8 Å². The number of aliphatic carboxylic acids is 2. The molecule has 5 saturated heterocycles. The second-order valence-corrected chi connectivity index (χ2v) is 14.6. The summed E-state index contributed by atoms with van der Waals surface area (Å²) in [4.78, 5) is 36.2. The number of aliphatic hydroxyl groups excluding tert-OH is 11. The molecule has 5 fully saturated rings. The zero-order chi connectivity index (χ0) is 43.2. The highest BCUT2D eigenvalue weighted by molar-refractivity contribution is 5.73. The molecule has 5 aliphatic heterocycles. The maximum absolute atomic E-state index is 12.5. The monoisotopic (exact) mass is 850 g/mol. The SMILES string of the molecule is CC(=O)O[C@H]1C(C)O[C@@H](O[C@@H]2C(O)C(O)OC(C)[C@@H]2O)C(O[C@@H]2OC(C(=O)O)[C@H](O)[C@H](O)C2O)[C@H]1O[C@@H]1OC(C)[C@H](O)[C@H](O)C1O[C@@H]1OC(C(=O)O)[C@H](O)[C@H](O)C1O. The number of aliphatic hydroxyl groups is 11. The van der Waals surface area contributed by atoms with Crippen LogP contribution in [0, 0.1) is 0 Å². The fourth-order valence-electron chi connectivity index (χ4n) is 7.11. The number of carboxylic acid groups (broad SMARTS) is 2. The van der Waals surface area contributed by atoms with E-state index in [1.807, 2.05) is 0 Å². The van der Waals surface area contributed by atoms with E-state index in [4.69, 9.17) is 47.4 Å². The van der Waals surface area contributed by atoms with Crippen molar-refractivity contribution in [2.75, 3.05) is 0 Å². The van der Waals surface area contributed by atoms with Crippen molar-refractivity contribution in [3.05, 3.63) is 0 Å². The van der Waals surface area contributed by atoms with Crippen LogP contribution in [0.5, 0.6) is 0 Å². The molecule has 5 aliphatic rings. The van der Waals surface area contributed by atoms with E-state index >= 15 is 0 Å². The van der Waals surface area contributed by atoms with Gasteiger partial charge in [-0.25, -0.2) is 9.59 Å². The molecule has 58 heavy (non-hydrogen) atoms. The van der Waals surface area contributed by atoms with Crippen LogP contribution in [0.1, 0.15) is 27.7 Å². The van der Waals surface area contributed by atoms with Gasteiger partial charge in [0.05, 0.1) is 18.3 Å². The quantitative estimate of drug-likeness (QED) is 0.0859. The number of esters is 1. The third-order valence-corrected chi connectivity index (χ3v) is 10.4. The van der Waals surface area contributed by atoms with Gasteiger partial charge in [-0.05, 0) is 20.8 Å². The second kappa shape index (κ2) is 18.7. The van der Waals surface area contributed by atoms with Crippen LogP contribution in [0.15, 0.2) is 0 Å². The van der Waals surface area contributed by atoms with Crippen LogP contribution in [-0.4, -0.2) is 238 Å². The summed E-state index contributed by atoms with van der Waals surface area (Å²) in [7, 11) is 0. The molecule has 0 saturated carbocycles. The van der Waals surface area contributed by atoms with E-state index in [2.05, 4.69) is 0 Å². The van der Waals surface area contributed by atoms with E-state index in [1.165, 1.54) is 20.8 Å². The van der Waals surface area contributed by atoms with Crippen LogP contribution in [0.3, 0.4) is 0 Å². The summed E-state index contributed by atoms with van der Waals surface area (Å²) in [5, 5.41) is 136. The molecule has 0 aliphatic carbocycles. The van der Waals surface area contributed by atoms with Crippen molar-refractivity contribution in [2.24, 2.45) is 0 Å². The Kier molecular flexibility index (Phi) is 15.0. The molecule has 0 spiro atoms. The molecule has 0 aromatic carbocycles. The van der Waals surface area contributed by atoms with Crippen LogP contribution in [-0.2, 0) is 61.8 Å². The largest absolute Gasteiger partial charge is 0.479 e. The molecular weight excluding hydrogens is 800 g/mol. The molecule has 26 heteroatoms. The number of hydrogen-bond donors (Lipinski definition) is 13. The molecule has 0 aromatic rings. The molecule has 0 bridgehead atoms. The van der Waals surface area contributed by atoms with Gasteiger partial charge in [0.15, 0.2) is 49.8 Å². The highest BCUT2D eigenvalue weighted by Gasteiger charge is 2.58. The fourth-order valence-corrected chi connectivity index (χ4v) is 7.11. The van der Waals surface area contributed by atoms with Crippen LogP contribution in [0.25, 0.3) is 0 Å². The molecule has 334 valence electrons. The van der Waals surface area contributed by atoms with Crippen molar-refractivity contribution >= 4 is 17.9 Å². The van der Waals surface area contributed by atoms with Crippen molar-refractivity contribution in [2.45, 2.75) is 181 Å². The lowest BCUT2D eigenvalue weighted by Crippen LogP contribution is -2.69. The first kappa shape index (κ1) is 46.7. The average molecular weight is 851 g/mol. The Labute approximate surface area is 327 Å². The molecule has 0 aromatic heterocycles. The number of rotatable bonds is 11. The standard InChI is InChI=1S/C32H50O26/c1-5-9(34)13(38)23(56-29-16(41)11(36)14(39)21(54-29)26(44)45)31(50-5)57-24-19(52-8(4)33)7(3)51-32(53-20-10(35)6(2)49-28(48)18(20)43)25(24)58-30-17(42)12(37)15(40)22(55-30)27(46)47/h5-7,9-25,28-32,34-43,48H,1-4H3,(H,44,45)(H,46,47)/t5?,6?,7?,9-,10-,11-,12-,13-,14+,15+,16?,17?,18?,19-,20-,21?,22?,23?,24-,25?,28?,29-,30-,31-,32-/m0/s1. The number of carbonyl (C=O) groups is 3. The van der Waals surface area contributed by atoms with Crippen LogP contribution in [0.2, 0.25) is 0 Å². The average Bonchev–Trinajstić information content (AvgIpc) is 3.15. The van der Waals surface area contributed by atoms with Crippen molar-refractivity contribution in [3.63, 3.8) is 0 Å². The minimum Gasteiger partial charge on any atom is -0.479 e. The maximum Gasteiger partial charge on any atom is 0.335 e. The molecule has 26 nitrogen and oxygen atoms in total. The minimum atomic E-state index is -2.24. The smallest absolute Gasteiger partial charge is 0.335 e. The first-order valence-electron chi connectivity index (χ1n) is 18.1. The van der Waals surface area contributed by atoms with Gasteiger partial charge in [0.1, 0.15) is 85.5 Å². The summed E-state index contributed by atoms with van der Waals surface area (Å²) in [6, 6.07) is 0. The summed E-state index contributed by atoms with van der Waals surface area (Å²) in [5.41, 5.74) is 0. The lowest BCUT2D eigenvalue weighted by molar-refractivity contribution is -0.408. The highest BCUT2D eigenvalue weighted by Crippen LogP contribution is 2.38. The van der Waals surface area contributed by atoms with E-state index < -0.39 is 171 Å². The maximum atomic E-state index is 12.5. The second-order valence-electron chi connectivity index (χ2n) is 14.6. The van der Waals surface area contributed by atoms with Gasteiger partial charge < -0.3 is 114 Å². The Morgan fingerprint density at radius 3 is 1.33 bits per heavy atom. The minimum absolute atomic E-state index is 0.967. The number of carboxylic acids is 2. The van der Waals surface area contributed by atoms with Crippen LogP contribution >= 0.6 is 0 Å². The molecule has 25 atom stereocenters. The topological polar surface area (TPSA) is 407 Å². The summed E-state index contributed by atoms with van der Waals surface area (Å²) >= 11 is 0. The van der Waals surface area contributed by atoms with Gasteiger partial charge >= 0.3 is 17.9 Å². The van der Waals surface area contributed by atoms with Gasteiger partial charge in [0.2, 0.25) is 0 Å². The number of ether oxygens (including phenoxy) is 10. The van der Waals surface area contributed by atoms with E-state index in [1.54, 1.807) is 0 Å².